The lowest BCUT2D eigenvalue weighted by Crippen LogP contribution is -2.27. The first-order chi connectivity index (χ1) is 15.9. The van der Waals surface area contributed by atoms with Gasteiger partial charge in [-0.2, -0.15) is 0 Å². The molecule has 1 N–H and O–H groups in total. The summed E-state index contributed by atoms with van der Waals surface area (Å²) >= 11 is 12.5. The van der Waals surface area contributed by atoms with E-state index in [1.54, 1.807) is 54.6 Å². The number of nitrogens with one attached hydrogen (secondary N) is 1. The van der Waals surface area contributed by atoms with Crippen LogP contribution >= 0.6 is 35.6 Å². The van der Waals surface area contributed by atoms with Crippen molar-refractivity contribution in [3.63, 3.8) is 0 Å². The Morgan fingerprint density at radius 2 is 1.73 bits per heavy atom. The first-order valence-corrected chi connectivity index (χ1v) is 11.3. The predicted molar refractivity (Wildman–Crippen MR) is 134 cm³/mol. The van der Waals surface area contributed by atoms with Crippen LogP contribution < -0.4 is 15.0 Å². The average Bonchev–Trinajstić information content (AvgIpc) is 3.08. The SMILES string of the molecule is O=C(COc1ccc(/C=C2\SC(=S)N(c3ccc(Cl)cc3)C2=O)cc1)Nc1ccc(F)cc1. The number of carbonyl (C=O) groups excluding carboxylic acids is 2. The lowest BCUT2D eigenvalue weighted by atomic mass is 10.2. The number of halogens is 2. The maximum absolute atomic E-state index is 12.9. The number of hydrogen-bond acceptors (Lipinski definition) is 5. The fourth-order valence-corrected chi connectivity index (χ4v) is 4.40. The minimum absolute atomic E-state index is 0.198. The van der Waals surface area contributed by atoms with Gasteiger partial charge in [0.2, 0.25) is 0 Å². The third-order valence-electron chi connectivity index (χ3n) is 4.55. The highest BCUT2D eigenvalue weighted by Crippen LogP contribution is 2.36. The van der Waals surface area contributed by atoms with Crippen molar-refractivity contribution in [3.05, 3.63) is 94.1 Å². The Balaban J connectivity index is 1.36. The number of ether oxygens (including phenoxy) is 1. The van der Waals surface area contributed by atoms with Crippen LogP contribution in [0.2, 0.25) is 5.02 Å². The average molecular weight is 499 g/mol. The molecule has 1 aliphatic heterocycles. The van der Waals surface area contributed by atoms with Crippen LogP contribution in [0.25, 0.3) is 6.08 Å². The van der Waals surface area contributed by atoms with E-state index in [-0.39, 0.29) is 24.2 Å². The van der Waals surface area contributed by atoms with Crippen molar-refractivity contribution < 1.29 is 18.7 Å². The normalized spacial score (nSPS) is 14.6. The highest BCUT2D eigenvalue weighted by Gasteiger charge is 2.33. The lowest BCUT2D eigenvalue weighted by molar-refractivity contribution is -0.118. The molecular formula is C24H16ClFN2O3S2. The van der Waals surface area contributed by atoms with Crippen molar-refractivity contribution in [3.8, 4) is 5.75 Å². The van der Waals surface area contributed by atoms with E-state index in [2.05, 4.69) is 5.32 Å². The van der Waals surface area contributed by atoms with Crippen molar-refractivity contribution in [2.24, 2.45) is 0 Å². The van der Waals surface area contributed by atoms with E-state index in [1.807, 2.05) is 0 Å². The van der Waals surface area contributed by atoms with E-state index in [1.165, 1.54) is 40.9 Å². The molecule has 3 aromatic carbocycles. The molecule has 3 aromatic rings. The molecule has 0 unspecified atom stereocenters. The van der Waals surface area contributed by atoms with Crippen molar-refractivity contribution in [2.75, 3.05) is 16.8 Å². The van der Waals surface area contributed by atoms with Crippen LogP contribution in [0.5, 0.6) is 5.75 Å². The third kappa shape index (κ3) is 5.78. The van der Waals surface area contributed by atoms with Crippen LogP contribution in [0.3, 0.4) is 0 Å². The summed E-state index contributed by atoms with van der Waals surface area (Å²) in [7, 11) is 0. The number of rotatable bonds is 6. The van der Waals surface area contributed by atoms with Crippen LogP contribution in [0, 0.1) is 5.82 Å². The molecule has 0 spiro atoms. The van der Waals surface area contributed by atoms with Gasteiger partial charge in [0.1, 0.15) is 11.6 Å². The molecule has 0 bridgehead atoms. The van der Waals surface area contributed by atoms with Gasteiger partial charge in [-0.1, -0.05) is 47.7 Å². The minimum Gasteiger partial charge on any atom is -0.484 e. The molecule has 1 heterocycles. The van der Waals surface area contributed by atoms with Gasteiger partial charge >= 0.3 is 0 Å². The van der Waals surface area contributed by atoms with Gasteiger partial charge in [0.05, 0.1) is 10.6 Å². The topological polar surface area (TPSA) is 58.6 Å². The molecule has 0 saturated carbocycles. The molecule has 0 aliphatic carbocycles. The van der Waals surface area contributed by atoms with Gasteiger partial charge in [-0.3, -0.25) is 14.5 Å². The Bertz CT molecular complexity index is 1230. The Morgan fingerprint density at radius 1 is 1.06 bits per heavy atom. The molecule has 1 saturated heterocycles. The van der Waals surface area contributed by atoms with E-state index >= 15 is 0 Å². The number of anilines is 2. The maximum Gasteiger partial charge on any atom is 0.270 e. The summed E-state index contributed by atoms with van der Waals surface area (Å²) in [4.78, 5) is 26.8. The first kappa shape index (κ1) is 23.0. The van der Waals surface area contributed by atoms with E-state index in [9.17, 15) is 14.0 Å². The first-order valence-electron chi connectivity index (χ1n) is 9.71. The largest absolute Gasteiger partial charge is 0.484 e. The number of thioether (sulfide) groups is 1. The van der Waals surface area contributed by atoms with E-state index in [4.69, 9.17) is 28.6 Å². The van der Waals surface area contributed by atoms with Gasteiger partial charge in [0, 0.05) is 10.7 Å². The molecule has 33 heavy (non-hydrogen) atoms. The zero-order valence-corrected chi connectivity index (χ0v) is 19.3. The van der Waals surface area contributed by atoms with Gasteiger partial charge < -0.3 is 10.1 Å². The summed E-state index contributed by atoms with van der Waals surface area (Å²) < 4.78 is 18.9. The highest BCUT2D eigenvalue weighted by atomic mass is 35.5. The van der Waals surface area contributed by atoms with Gasteiger partial charge in [0.25, 0.3) is 11.8 Å². The molecular weight excluding hydrogens is 483 g/mol. The highest BCUT2D eigenvalue weighted by molar-refractivity contribution is 8.27. The number of nitrogens with zero attached hydrogens (tertiary/aromatic N) is 1. The standard InChI is InChI=1S/C24H16ClFN2O3S2/c25-16-3-9-19(10-4-16)28-23(30)21(33-24(28)32)13-15-1-11-20(12-2-15)31-14-22(29)27-18-7-5-17(26)6-8-18/h1-13H,14H2,(H,27,29)/b21-13-. The van der Waals surface area contributed by atoms with Crippen LogP contribution in [0.4, 0.5) is 15.8 Å². The van der Waals surface area contributed by atoms with Gasteiger partial charge in [-0.15, -0.1) is 0 Å². The predicted octanol–water partition coefficient (Wildman–Crippen LogP) is 5.90. The maximum atomic E-state index is 12.9. The van der Waals surface area contributed by atoms with E-state index in [0.717, 1.165) is 5.56 Å². The summed E-state index contributed by atoms with van der Waals surface area (Å²) in [6, 6.07) is 19.3. The Kier molecular flexibility index (Phi) is 7.08. The number of thiocarbonyl (C=S) groups is 1. The summed E-state index contributed by atoms with van der Waals surface area (Å²) in [6.45, 7) is -0.198. The fraction of sp³-hybridized carbons (Fsp3) is 0.0417. The van der Waals surface area contributed by atoms with Crippen LogP contribution in [-0.4, -0.2) is 22.7 Å². The van der Waals surface area contributed by atoms with Crippen LogP contribution in [-0.2, 0) is 9.59 Å². The second-order valence-electron chi connectivity index (χ2n) is 6.91. The molecule has 5 nitrogen and oxygen atoms in total. The summed E-state index contributed by atoms with van der Waals surface area (Å²) in [5.41, 5.74) is 1.93. The minimum atomic E-state index is -0.378. The molecule has 4 rings (SSSR count). The fourth-order valence-electron chi connectivity index (χ4n) is 2.97. The quantitative estimate of drug-likeness (QED) is 0.338. The lowest BCUT2D eigenvalue weighted by Gasteiger charge is -2.14. The smallest absolute Gasteiger partial charge is 0.270 e. The third-order valence-corrected chi connectivity index (χ3v) is 6.11. The van der Waals surface area contributed by atoms with E-state index < -0.39 is 0 Å². The Morgan fingerprint density at radius 3 is 2.39 bits per heavy atom. The summed E-state index contributed by atoms with van der Waals surface area (Å²) in [6.07, 6.45) is 1.75. The van der Waals surface area contributed by atoms with Gasteiger partial charge in [-0.25, -0.2) is 4.39 Å². The molecule has 166 valence electrons. The van der Waals surface area contributed by atoms with Crippen molar-refractivity contribution in [1.29, 1.82) is 0 Å². The van der Waals surface area contributed by atoms with Gasteiger partial charge in [-0.05, 0) is 72.3 Å². The van der Waals surface area contributed by atoms with Crippen molar-refractivity contribution in [2.45, 2.75) is 0 Å². The second kappa shape index (κ2) is 10.2. The van der Waals surface area contributed by atoms with Crippen LogP contribution in [0.15, 0.2) is 77.7 Å². The Hall–Kier alpha value is -3.20. The number of amides is 2. The van der Waals surface area contributed by atoms with Gasteiger partial charge in [0.15, 0.2) is 10.9 Å². The molecule has 0 aromatic heterocycles. The molecule has 0 atom stereocenters. The monoisotopic (exact) mass is 498 g/mol. The summed E-state index contributed by atoms with van der Waals surface area (Å²) in [5.74, 6) is -0.451. The second-order valence-corrected chi connectivity index (χ2v) is 9.02. The van der Waals surface area contributed by atoms with E-state index in [0.29, 0.717) is 31.4 Å². The number of carbonyl (C=O) groups is 2. The Labute approximate surface area is 204 Å². The zero-order chi connectivity index (χ0) is 23.4. The van der Waals surface area contributed by atoms with Crippen molar-refractivity contribution >= 4 is 69.2 Å². The molecule has 2 amide bonds. The number of hydrogen-bond donors (Lipinski definition) is 1. The van der Waals surface area contributed by atoms with Crippen LogP contribution in [0.1, 0.15) is 5.56 Å². The summed E-state index contributed by atoms with van der Waals surface area (Å²) in [5, 5.41) is 3.20. The molecule has 1 fully saturated rings. The molecule has 0 radical (unpaired) electrons. The number of benzene rings is 3. The van der Waals surface area contributed by atoms with Crippen molar-refractivity contribution in [1.82, 2.24) is 0 Å². The zero-order valence-electron chi connectivity index (χ0n) is 17.0. The molecule has 1 aliphatic rings. The molecule has 9 heteroatoms.